The highest BCUT2D eigenvalue weighted by Crippen LogP contribution is 2.22. The summed E-state index contributed by atoms with van der Waals surface area (Å²) in [4.78, 5) is 30.1. The predicted octanol–water partition coefficient (Wildman–Crippen LogP) is 0.376. The van der Waals surface area contributed by atoms with Crippen molar-refractivity contribution < 1.29 is 24.3 Å². The zero-order chi connectivity index (χ0) is 14.8. The van der Waals surface area contributed by atoms with Crippen molar-refractivity contribution in [1.82, 2.24) is 9.96 Å². The summed E-state index contributed by atoms with van der Waals surface area (Å²) in [6, 6.07) is -0.755. The summed E-state index contributed by atoms with van der Waals surface area (Å²) in [5, 5.41) is 10.7. The zero-order valence-electron chi connectivity index (χ0n) is 12.0. The molecule has 19 heavy (non-hydrogen) atoms. The number of rotatable bonds is 2. The van der Waals surface area contributed by atoms with E-state index < -0.39 is 23.8 Å². The van der Waals surface area contributed by atoms with Crippen LogP contribution in [0.25, 0.3) is 0 Å². The van der Waals surface area contributed by atoms with E-state index in [1.807, 2.05) is 0 Å². The molecule has 0 aromatic carbocycles. The number of likely N-dealkylation sites (tertiary alicyclic amines) is 1. The molecule has 1 aliphatic heterocycles. The molecule has 1 rings (SSSR count). The van der Waals surface area contributed by atoms with Crippen molar-refractivity contribution in [2.75, 3.05) is 20.7 Å². The maximum atomic E-state index is 12.0. The standard InChI is InChI=1S/C12H22N2O5/c1-12(2,3)19-11(17)14-7-8(15)6-9(14)10(16)13(4)18-5/h8-9,15H,6-7H2,1-5H3. The van der Waals surface area contributed by atoms with E-state index in [4.69, 9.17) is 9.57 Å². The minimum atomic E-state index is -0.755. The molecule has 1 saturated heterocycles. The van der Waals surface area contributed by atoms with E-state index in [-0.39, 0.29) is 18.9 Å². The summed E-state index contributed by atoms with van der Waals surface area (Å²) in [6.45, 7) is 5.32. The molecule has 7 heteroatoms. The number of aliphatic hydroxyl groups excluding tert-OH is 1. The molecule has 0 aliphatic carbocycles. The number of carbonyl (C=O) groups excluding carboxylic acids is 2. The first-order chi connectivity index (χ1) is 8.65. The Labute approximate surface area is 113 Å². The first kappa shape index (κ1) is 15.7. The van der Waals surface area contributed by atoms with Crippen LogP contribution in [0.2, 0.25) is 0 Å². The highest BCUT2D eigenvalue weighted by atomic mass is 16.7. The van der Waals surface area contributed by atoms with Gasteiger partial charge < -0.3 is 9.84 Å². The summed E-state index contributed by atoms with van der Waals surface area (Å²) in [6.07, 6.45) is -1.15. The predicted molar refractivity (Wildman–Crippen MR) is 67.1 cm³/mol. The van der Waals surface area contributed by atoms with Gasteiger partial charge in [-0.05, 0) is 20.8 Å². The third-order valence-corrected chi connectivity index (χ3v) is 2.78. The van der Waals surface area contributed by atoms with Crippen LogP contribution in [0.3, 0.4) is 0 Å². The summed E-state index contributed by atoms with van der Waals surface area (Å²) in [5.74, 6) is -0.384. The molecule has 7 nitrogen and oxygen atoms in total. The third kappa shape index (κ3) is 4.07. The van der Waals surface area contributed by atoms with Crippen molar-refractivity contribution >= 4 is 12.0 Å². The molecule has 1 fully saturated rings. The zero-order valence-corrected chi connectivity index (χ0v) is 12.0. The van der Waals surface area contributed by atoms with E-state index in [1.165, 1.54) is 19.1 Å². The summed E-state index contributed by atoms with van der Waals surface area (Å²) in [5.41, 5.74) is -0.647. The molecule has 1 aliphatic rings. The molecule has 0 aromatic rings. The van der Waals surface area contributed by atoms with E-state index in [1.54, 1.807) is 20.8 Å². The number of β-amino-alcohol motifs (C(OH)–C–C–N with tert-alkyl or cyclic N) is 1. The van der Waals surface area contributed by atoms with Gasteiger partial charge in [0.05, 0.1) is 19.8 Å². The van der Waals surface area contributed by atoms with Gasteiger partial charge in [0.25, 0.3) is 5.91 Å². The average molecular weight is 274 g/mol. The van der Waals surface area contributed by atoms with Crippen molar-refractivity contribution in [2.24, 2.45) is 0 Å². The molecular weight excluding hydrogens is 252 g/mol. The maximum Gasteiger partial charge on any atom is 0.411 e. The maximum absolute atomic E-state index is 12.0. The van der Waals surface area contributed by atoms with Gasteiger partial charge in [-0.2, -0.15) is 0 Å². The minimum Gasteiger partial charge on any atom is -0.444 e. The number of hydroxylamine groups is 2. The van der Waals surface area contributed by atoms with E-state index in [2.05, 4.69) is 0 Å². The Balaban J connectivity index is 2.80. The molecule has 0 radical (unpaired) electrons. The Morgan fingerprint density at radius 2 is 1.95 bits per heavy atom. The molecule has 2 amide bonds. The quantitative estimate of drug-likeness (QED) is 0.736. The fraction of sp³-hybridized carbons (Fsp3) is 0.833. The van der Waals surface area contributed by atoms with Gasteiger partial charge in [-0.25, -0.2) is 9.86 Å². The Morgan fingerprint density at radius 3 is 2.42 bits per heavy atom. The van der Waals surface area contributed by atoms with Gasteiger partial charge in [-0.15, -0.1) is 0 Å². The number of likely N-dealkylation sites (N-methyl/N-ethyl adjacent to an activating group) is 1. The van der Waals surface area contributed by atoms with Gasteiger partial charge in [-0.1, -0.05) is 0 Å². The van der Waals surface area contributed by atoms with Crippen LogP contribution in [0.5, 0.6) is 0 Å². The second kappa shape index (κ2) is 5.75. The highest BCUT2D eigenvalue weighted by molar-refractivity contribution is 5.85. The Bertz CT molecular complexity index is 353. The smallest absolute Gasteiger partial charge is 0.411 e. The first-order valence-electron chi connectivity index (χ1n) is 6.15. The number of amides is 2. The lowest BCUT2D eigenvalue weighted by Crippen LogP contribution is -2.47. The van der Waals surface area contributed by atoms with Crippen LogP contribution < -0.4 is 0 Å². The molecular formula is C12H22N2O5. The number of hydrogen-bond acceptors (Lipinski definition) is 5. The number of aliphatic hydroxyl groups is 1. The Hall–Kier alpha value is -1.34. The highest BCUT2D eigenvalue weighted by Gasteiger charge is 2.42. The molecule has 0 aromatic heterocycles. The lowest BCUT2D eigenvalue weighted by molar-refractivity contribution is -0.173. The van der Waals surface area contributed by atoms with Gasteiger partial charge in [0, 0.05) is 13.5 Å². The molecule has 2 atom stereocenters. The fourth-order valence-electron chi connectivity index (χ4n) is 1.87. The van der Waals surface area contributed by atoms with Crippen molar-refractivity contribution in [3.8, 4) is 0 Å². The molecule has 2 unspecified atom stereocenters. The van der Waals surface area contributed by atoms with Crippen molar-refractivity contribution in [3.05, 3.63) is 0 Å². The first-order valence-corrected chi connectivity index (χ1v) is 6.15. The Morgan fingerprint density at radius 1 is 1.37 bits per heavy atom. The van der Waals surface area contributed by atoms with Gasteiger partial charge >= 0.3 is 6.09 Å². The largest absolute Gasteiger partial charge is 0.444 e. The van der Waals surface area contributed by atoms with Crippen LogP contribution in [0.4, 0.5) is 4.79 Å². The van der Waals surface area contributed by atoms with Crippen LogP contribution in [-0.4, -0.2) is 65.5 Å². The van der Waals surface area contributed by atoms with Crippen LogP contribution in [0.1, 0.15) is 27.2 Å². The molecule has 0 saturated carbocycles. The van der Waals surface area contributed by atoms with E-state index in [0.29, 0.717) is 0 Å². The minimum absolute atomic E-state index is 0.0862. The lowest BCUT2D eigenvalue weighted by Gasteiger charge is -2.29. The van der Waals surface area contributed by atoms with Crippen LogP contribution in [-0.2, 0) is 14.4 Å². The second-order valence-corrected chi connectivity index (χ2v) is 5.56. The number of ether oxygens (including phenoxy) is 1. The van der Waals surface area contributed by atoms with Crippen LogP contribution in [0.15, 0.2) is 0 Å². The molecule has 110 valence electrons. The van der Waals surface area contributed by atoms with Gasteiger partial charge in [0.15, 0.2) is 0 Å². The molecule has 1 heterocycles. The lowest BCUT2D eigenvalue weighted by atomic mass is 10.2. The van der Waals surface area contributed by atoms with Crippen LogP contribution in [0, 0.1) is 0 Å². The summed E-state index contributed by atoms with van der Waals surface area (Å²) < 4.78 is 5.23. The normalized spacial score (nSPS) is 23.4. The van der Waals surface area contributed by atoms with Crippen molar-refractivity contribution in [2.45, 2.75) is 44.9 Å². The third-order valence-electron chi connectivity index (χ3n) is 2.78. The number of hydrogen-bond donors (Lipinski definition) is 1. The summed E-state index contributed by atoms with van der Waals surface area (Å²) >= 11 is 0. The van der Waals surface area contributed by atoms with E-state index in [0.717, 1.165) is 5.06 Å². The molecule has 0 spiro atoms. The Kier molecular flexibility index (Phi) is 4.75. The van der Waals surface area contributed by atoms with Gasteiger partial charge in [0.2, 0.25) is 0 Å². The number of nitrogens with zero attached hydrogens (tertiary/aromatic N) is 2. The van der Waals surface area contributed by atoms with Crippen molar-refractivity contribution in [1.29, 1.82) is 0 Å². The topological polar surface area (TPSA) is 79.3 Å². The van der Waals surface area contributed by atoms with Crippen molar-refractivity contribution in [3.63, 3.8) is 0 Å². The average Bonchev–Trinajstić information content (AvgIpc) is 2.67. The SMILES string of the molecule is CON(C)C(=O)C1CC(O)CN1C(=O)OC(C)(C)C. The summed E-state index contributed by atoms with van der Waals surface area (Å²) in [7, 11) is 2.82. The fourth-order valence-corrected chi connectivity index (χ4v) is 1.87. The van der Waals surface area contributed by atoms with Gasteiger partial charge in [0.1, 0.15) is 11.6 Å². The second-order valence-electron chi connectivity index (χ2n) is 5.56. The monoisotopic (exact) mass is 274 g/mol. The number of carbonyl (C=O) groups is 2. The van der Waals surface area contributed by atoms with E-state index >= 15 is 0 Å². The van der Waals surface area contributed by atoms with Crippen LogP contribution >= 0.6 is 0 Å². The van der Waals surface area contributed by atoms with Gasteiger partial charge in [-0.3, -0.25) is 14.5 Å². The molecule has 0 bridgehead atoms. The molecule has 1 N–H and O–H groups in total. The van der Waals surface area contributed by atoms with E-state index in [9.17, 15) is 14.7 Å².